The molecular weight excluding hydrogens is 344 g/mol. The second-order valence-electron chi connectivity index (χ2n) is 7.79. The zero-order chi connectivity index (χ0) is 19.0. The van der Waals surface area contributed by atoms with Crippen LogP contribution in [-0.2, 0) is 16.1 Å². The largest absolute Gasteiger partial charge is 0.497 e. The molecule has 2 bridgehead atoms. The Morgan fingerprint density at radius 3 is 2.48 bits per heavy atom. The fourth-order valence-corrected chi connectivity index (χ4v) is 4.86. The van der Waals surface area contributed by atoms with Crippen LogP contribution < -0.4 is 4.74 Å². The van der Waals surface area contributed by atoms with Crippen molar-refractivity contribution in [3.05, 3.63) is 42.0 Å². The lowest BCUT2D eigenvalue weighted by molar-refractivity contribution is -0.151. The van der Waals surface area contributed by atoms with Crippen molar-refractivity contribution in [2.75, 3.05) is 33.3 Å². The Hall–Kier alpha value is -2.34. The summed E-state index contributed by atoms with van der Waals surface area (Å²) in [6.07, 6.45) is 4.84. The van der Waals surface area contributed by atoms with E-state index in [-0.39, 0.29) is 23.7 Å². The van der Waals surface area contributed by atoms with Crippen molar-refractivity contribution in [2.45, 2.75) is 13.0 Å². The van der Waals surface area contributed by atoms with Gasteiger partial charge in [-0.15, -0.1) is 0 Å². The van der Waals surface area contributed by atoms with Crippen LogP contribution in [0.1, 0.15) is 12.0 Å². The van der Waals surface area contributed by atoms with Gasteiger partial charge in [0.05, 0.1) is 18.9 Å². The number of rotatable bonds is 5. The van der Waals surface area contributed by atoms with E-state index in [1.54, 1.807) is 7.11 Å². The third-order valence-electron chi connectivity index (χ3n) is 6.25. The van der Waals surface area contributed by atoms with Crippen LogP contribution in [0.2, 0.25) is 0 Å². The first-order chi connectivity index (χ1) is 13.1. The molecule has 4 rings (SSSR count). The number of carbonyl (C=O) groups excluding carboxylic acids is 1. The Morgan fingerprint density at radius 2 is 1.81 bits per heavy atom. The van der Waals surface area contributed by atoms with Gasteiger partial charge in [0.1, 0.15) is 5.75 Å². The molecule has 3 aliphatic rings. The van der Waals surface area contributed by atoms with E-state index in [1.807, 2.05) is 35.3 Å². The van der Waals surface area contributed by atoms with Crippen molar-refractivity contribution >= 4 is 11.9 Å². The van der Waals surface area contributed by atoms with Gasteiger partial charge in [-0.05, 0) is 36.0 Å². The number of carboxylic acids is 1. The quantitative estimate of drug-likeness (QED) is 0.802. The summed E-state index contributed by atoms with van der Waals surface area (Å²) in [5.74, 6) is -0.772. The zero-order valence-corrected chi connectivity index (χ0v) is 15.6. The van der Waals surface area contributed by atoms with Crippen molar-refractivity contribution < 1.29 is 19.4 Å². The second kappa shape index (κ2) is 7.35. The Morgan fingerprint density at radius 1 is 1.11 bits per heavy atom. The predicted octanol–water partition coefficient (Wildman–Crippen LogP) is 1.86. The third-order valence-corrected chi connectivity index (χ3v) is 6.25. The van der Waals surface area contributed by atoms with Gasteiger partial charge in [0.2, 0.25) is 5.91 Å². The predicted molar refractivity (Wildman–Crippen MR) is 100 cm³/mol. The number of carbonyl (C=O) groups is 2. The number of piperazine rings is 1. The maximum absolute atomic E-state index is 13.0. The average molecular weight is 370 g/mol. The van der Waals surface area contributed by atoms with Crippen molar-refractivity contribution in [3.63, 3.8) is 0 Å². The summed E-state index contributed by atoms with van der Waals surface area (Å²) in [4.78, 5) is 28.9. The molecule has 1 amide bonds. The van der Waals surface area contributed by atoms with Gasteiger partial charge in [-0.3, -0.25) is 14.5 Å². The van der Waals surface area contributed by atoms with Crippen LogP contribution in [0.3, 0.4) is 0 Å². The van der Waals surface area contributed by atoms with Crippen LogP contribution in [0.5, 0.6) is 5.75 Å². The number of hydrogen-bond acceptors (Lipinski definition) is 4. The Labute approximate surface area is 159 Å². The molecular formula is C21H26N2O4. The number of nitrogens with zero attached hydrogens (tertiary/aromatic N) is 2. The standard InChI is InChI=1S/C21H26N2O4/c1-27-17-4-2-3-14(11-17)13-22-7-9-23(10-8-22)20(24)18-15-5-6-16(12-15)19(18)21(25)26/h2-6,11,15-16,18-19H,7-10,12-13H2,1H3,(H,25,26). The van der Waals surface area contributed by atoms with E-state index in [0.29, 0.717) is 13.1 Å². The Balaban J connectivity index is 1.35. The molecule has 1 aromatic rings. The van der Waals surface area contributed by atoms with Gasteiger partial charge < -0.3 is 14.7 Å². The molecule has 1 heterocycles. The molecule has 1 saturated carbocycles. The number of benzene rings is 1. The third kappa shape index (κ3) is 3.46. The lowest BCUT2D eigenvalue weighted by Crippen LogP contribution is -2.52. The van der Waals surface area contributed by atoms with E-state index in [4.69, 9.17) is 4.74 Å². The van der Waals surface area contributed by atoms with E-state index >= 15 is 0 Å². The van der Waals surface area contributed by atoms with Crippen LogP contribution >= 0.6 is 0 Å². The van der Waals surface area contributed by atoms with Gasteiger partial charge in [-0.25, -0.2) is 0 Å². The molecule has 2 fully saturated rings. The molecule has 6 nitrogen and oxygen atoms in total. The van der Waals surface area contributed by atoms with Crippen LogP contribution in [0.15, 0.2) is 36.4 Å². The summed E-state index contributed by atoms with van der Waals surface area (Å²) < 4.78 is 5.28. The normalized spacial score (nSPS) is 29.9. The van der Waals surface area contributed by atoms with E-state index < -0.39 is 11.9 Å². The Bertz CT molecular complexity index is 754. The number of methoxy groups -OCH3 is 1. The van der Waals surface area contributed by atoms with Gasteiger partial charge >= 0.3 is 5.97 Å². The average Bonchev–Trinajstić information content (AvgIpc) is 3.29. The smallest absolute Gasteiger partial charge is 0.307 e. The van der Waals surface area contributed by atoms with Gasteiger partial charge in [0.25, 0.3) is 0 Å². The lowest BCUT2D eigenvalue weighted by Gasteiger charge is -2.37. The number of fused-ring (bicyclic) bond motifs is 2. The molecule has 27 heavy (non-hydrogen) atoms. The van der Waals surface area contributed by atoms with E-state index in [2.05, 4.69) is 11.0 Å². The fraction of sp³-hybridized carbons (Fsp3) is 0.524. The van der Waals surface area contributed by atoms with E-state index in [1.165, 1.54) is 5.56 Å². The van der Waals surface area contributed by atoms with Crippen LogP contribution in [0, 0.1) is 23.7 Å². The molecule has 144 valence electrons. The summed E-state index contributed by atoms with van der Waals surface area (Å²) in [6, 6.07) is 8.04. The minimum atomic E-state index is -0.832. The summed E-state index contributed by atoms with van der Waals surface area (Å²) in [7, 11) is 1.67. The van der Waals surface area contributed by atoms with Crippen molar-refractivity contribution in [1.29, 1.82) is 0 Å². The fourth-order valence-electron chi connectivity index (χ4n) is 4.86. The number of ether oxygens (including phenoxy) is 1. The molecule has 1 aliphatic heterocycles. The molecule has 1 saturated heterocycles. The Kier molecular flexibility index (Phi) is 4.91. The first-order valence-corrected chi connectivity index (χ1v) is 9.62. The summed E-state index contributed by atoms with van der Waals surface area (Å²) >= 11 is 0. The number of allylic oxidation sites excluding steroid dienone is 2. The first-order valence-electron chi connectivity index (χ1n) is 9.62. The van der Waals surface area contributed by atoms with Crippen LogP contribution in [0.4, 0.5) is 0 Å². The monoisotopic (exact) mass is 370 g/mol. The summed E-state index contributed by atoms with van der Waals surface area (Å²) in [5, 5.41) is 9.58. The molecule has 4 unspecified atom stereocenters. The highest BCUT2D eigenvalue weighted by Gasteiger charge is 2.52. The maximum Gasteiger partial charge on any atom is 0.307 e. The SMILES string of the molecule is COc1cccc(CN2CCN(C(=O)C3C4C=CC(C4)C3C(=O)O)CC2)c1. The molecule has 6 heteroatoms. The van der Waals surface area contributed by atoms with E-state index in [0.717, 1.165) is 31.8 Å². The molecule has 1 N–H and O–H groups in total. The molecule has 0 spiro atoms. The molecule has 0 radical (unpaired) electrons. The summed E-state index contributed by atoms with van der Waals surface area (Å²) in [6.45, 7) is 3.75. The maximum atomic E-state index is 13.0. The van der Waals surface area contributed by atoms with Gasteiger partial charge in [-0.2, -0.15) is 0 Å². The van der Waals surface area contributed by atoms with Crippen LogP contribution in [0.25, 0.3) is 0 Å². The number of carboxylic acid groups (broad SMARTS) is 1. The number of hydrogen-bond donors (Lipinski definition) is 1. The molecule has 4 atom stereocenters. The van der Waals surface area contributed by atoms with Gasteiger partial charge in [0.15, 0.2) is 0 Å². The van der Waals surface area contributed by atoms with Crippen molar-refractivity contribution in [3.8, 4) is 5.75 Å². The highest BCUT2D eigenvalue weighted by molar-refractivity contribution is 5.87. The molecule has 0 aromatic heterocycles. The topological polar surface area (TPSA) is 70.1 Å². The minimum absolute atomic E-state index is 0.0239. The van der Waals surface area contributed by atoms with Crippen molar-refractivity contribution in [1.82, 2.24) is 9.80 Å². The zero-order valence-electron chi connectivity index (χ0n) is 15.6. The minimum Gasteiger partial charge on any atom is -0.497 e. The van der Waals surface area contributed by atoms with Gasteiger partial charge in [-0.1, -0.05) is 24.3 Å². The highest BCUT2D eigenvalue weighted by atomic mass is 16.5. The first kappa shape index (κ1) is 18.0. The molecule has 1 aromatic carbocycles. The highest BCUT2D eigenvalue weighted by Crippen LogP contribution is 2.48. The summed E-state index contributed by atoms with van der Waals surface area (Å²) in [5.41, 5.74) is 1.19. The van der Waals surface area contributed by atoms with Crippen molar-refractivity contribution in [2.24, 2.45) is 23.7 Å². The molecule has 2 aliphatic carbocycles. The van der Waals surface area contributed by atoms with Crippen LogP contribution in [-0.4, -0.2) is 60.1 Å². The van der Waals surface area contributed by atoms with Gasteiger partial charge in [0, 0.05) is 32.7 Å². The number of amides is 1. The van der Waals surface area contributed by atoms with E-state index in [9.17, 15) is 14.7 Å². The second-order valence-corrected chi connectivity index (χ2v) is 7.79. The number of aliphatic carboxylic acids is 1. The lowest BCUT2D eigenvalue weighted by atomic mass is 9.82.